The summed E-state index contributed by atoms with van der Waals surface area (Å²) in [7, 11) is 0. The second-order valence-electron chi connectivity index (χ2n) is 3.65. The molecule has 2 aromatic rings. The zero-order chi connectivity index (χ0) is 14.7. The molecule has 0 aliphatic rings. The van der Waals surface area contributed by atoms with Crippen molar-refractivity contribution in [1.29, 1.82) is 0 Å². The molecule has 0 aliphatic carbocycles. The number of aromatic nitrogens is 2. The summed E-state index contributed by atoms with van der Waals surface area (Å²) in [6.07, 6.45) is 2.78. The van der Waals surface area contributed by atoms with Gasteiger partial charge in [-0.3, -0.25) is 4.79 Å². The molecule has 0 unspecified atom stereocenters. The largest absolute Gasteiger partial charge is 0.476 e. The Morgan fingerprint density at radius 3 is 2.80 bits per heavy atom. The third-order valence-electron chi connectivity index (χ3n) is 2.31. The van der Waals surface area contributed by atoms with Crippen LogP contribution in [-0.4, -0.2) is 27.0 Å². The summed E-state index contributed by atoms with van der Waals surface area (Å²) in [5.74, 6) is -1.81. The highest BCUT2D eigenvalue weighted by atomic mass is 79.9. The minimum Gasteiger partial charge on any atom is -0.476 e. The highest BCUT2D eigenvalue weighted by Gasteiger charge is 2.17. The summed E-state index contributed by atoms with van der Waals surface area (Å²) >= 11 is 9.02. The van der Waals surface area contributed by atoms with Crippen LogP contribution < -0.4 is 5.32 Å². The van der Waals surface area contributed by atoms with Crippen LogP contribution in [0.5, 0.6) is 0 Å². The van der Waals surface area contributed by atoms with E-state index in [2.05, 4.69) is 31.2 Å². The van der Waals surface area contributed by atoms with Gasteiger partial charge in [-0.1, -0.05) is 11.6 Å². The van der Waals surface area contributed by atoms with Crippen LogP contribution in [0.25, 0.3) is 0 Å². The average molecular weight is 357 g/mol. The van der Waals surface area contributed by atoms with Gasteiger partial charge in [0.05, 0.1) is 11.3 Å². The molecule has 0 saturated heterocycles. The SMILES string of the molecule is O=C(Nc1cccnc1C(=O)O)c1cc(Br)cnc1Cl. The highest BCUT2D eigenvalue weighted by molar-refractivity contribution is 9.10. The van der Waals surface area contributed by atoms with Crippen molar-refractivity contribution in [3.05, 3.63) is 51.5 Å². The van der Waals surface area contributed by atoms with Gasteiger partial charge in [-0.15, -0.1) is 0 Å². The maximum Gasteiger partial charge on any atom is 0.356 e. The van der Waals surface area contributed by atoms with Crippen LogP contribution in [0.1, 0.15) is 20.8 Å². The van der Waals surface area contributed by atoms with Crippen LogP contribution >= 0.6 is 27.5 Å². The Morgan fingerprint density at radius 2 is 2.10 bits per heavy atom. The van der Waals surface area contributed by atoms with Crippen molar-refractivity contribution in [2.75, 3.05) is 5.32 Å². The Labute approximate surface area is 126 Å². The number of carbonyl (C=O) groups excluding carboxylic acids is 1. The molecule has 20 heavy (non-hydrogen) atoms. The first kappa shape index (κ1) is 14.4. The molecule has 2 aromatic heterocycles. The van der Waals surface area contributed by atoms with Crippen LogP contribution in [0.4, 0.5) is 5.69 Å². The van der Waals surface area contributed by atoms with E-state index in [1.54, 1.807) is 0 Å². The predicted molar refractivity (Wildman–Crippen MR) is 76.1 cm³/mol. The number of anilines is 1. The van der Waals surface area contributed by atoms with Gasteiger partial charge in [0.1, 0.15) is 5.15 Å². The number of nitrogens with zero attached hydrogens (tertiary/aromatic N) is 2. The molecule has 2 heterocycles. The van der Waals surface area contributed by atoms with E-state index in [1.165, 1.54) is 30.6 Å². The van der Waals surface area contributed by atoms with Crippen LogP contribution in [0.15, 0.2) is 35.1 Å². The number of pyridine rings is 2. The van der Waals surface area contributed by atoms with E-state index in [0.29, 0.717) is 4.47 Å². The second-order valence-corrected chi connectivity index (χ2v) is 4.92. The van der Waals surface area contributed by atoms with Crippen molar-refractivity contribution in [2.45, 2.75) is 0 Å². The first-order valence-electron chi connectivity index (χ1n) is 5.29. The molecule has 102 valence electrons. The van der Waals surface area contributed by atoms with Gasteiger partial charge in [0.2, 0.25) is 0 Å². The van der Waals surface area contributed by atoms with Crippen molar-refractivity contribution >= 4 is 45.1 Å². The first-order chi connectivity index (χ1) is 9.49. The number of hydrogen-bond donors (Lipinski definition) is 2. The predicted octanol–water partition coefficient (Wildman–Crippen LogP) is 2.84. The van der Waals surface area contributed by atoms with Gasteiger partial charge in [0, 0.05) is 16.9 Å². The molecule has 2 N–H and O–H groups in total. The van der Waals surface area contributed by atoms with E-state index in [0.717, 1.165) is 0 Å². The van der Waals surface area contributed by atoms with Crippen LogP contribution in [0, 0.1) is 0 Å². The van der Waals surface area contributed by atoms with E-state index < -0.39 is 11.9 Å². The highest BCUT2D eigenvalue weighted by Crippen LogP contribution is 2.20. The Bertz CT molecular complexity index is 693. The van der Waals surface area contributed by atoms with Crippen LogP contribution in [-0.2, 0) is 0 Å². The minimum atomic E-state index is -1.24. The zero-order valence-electron chi connectivity index (χ0n) is 9.80. The Hall–Kier alpha value is -1.99. The smallest absolute Gasteiger partial charge is 0.356 e. The summed E-state index contributed by atoms with van der Waals surface area (Å²) in [6.45, 7) is 0. The number of halogens is 2. The molecule has 0 fully saturated rings. The Morgan fingerprint density at radius 1 is 1.35 bits per heavy atom. The number of carboxylic acid groups (broad SMARTS) is 1. The molecule has 0 aromatic carbocycles. The Balaban J connectivity index is 2.33. The maximum absolute atomic E-state index is 12.1. The number of rotatable bonds is 3. The minimum absolute atomic E-state index is 0.0199. The maximum atomic E-state index is 12.1. The quantitative estimate of drug-likeness (QED) is 0.825. The summed E-state index contributed by atoms with van der Waals surface area (Å²) in [5.41, 5.74) is -0.0396. The lowest BCUT2D eigenvalue weighted by Gasteiger charge is -2.08. The van der Waals surface area contributed by atoms with Crippen molar-refractivity contribution in [3.8, 4) is 0 Å². The van der Waals surface area contributed by atoms with Gasteiger partial charge in [-0.2, -0.15) is 0 Å². The van der Waals surface area contributed by atoms with Gasteiger partial charge >= 0.3 is 5.97 Å². The van der Waals surface area contributed by atoms with Crippen molar-refractivity contribution in [2.24, 2.45) is 0 Å². The lowest BCUT2D eigenvalue weighted by Crippen LogP contribution is -2.16. The molecule has 1 amide bonds. The summed E-state index contributed by atoms with van der Waals surface area (Å²) in [5, 5.41) is 11.5. The van der Waals surface area contributed by atoms with Crippen molar-refractivity contribution < 1.29 is 14.7 Å². The number of carbonyl (C=O) groups is 2. The van der Waals surface area contributed by atoms with E-state index in [4.69, 9.17) is 16.7 Å². The first-order valence-corrected chi connectivity index (χ1v) is 6.47. The Kier molecular flexibility index (Phi) is 4.31. The average Bonchev–Trinajstić information content (AvgIpc) is 2.41. The number of carboxylic acids is 1. The molecule has 0 radical (unpaired) electrons. The number of amides is 1. The van der Waals surface area contributed by atoms with E-state index in [1.807, 2.05) is 0 Å². The fraction of sp³-hybridized carbons (Fsp3) is 0. The van der Waals surface area contributed by atoms with E-state index in [-0.39, 0.29) is 22.1 Å². The van der Waals surface area contributed by atoms with E-state index in [9.17, 15) is 9.59 Å². The lowest BCUT2D eigenvalue weighted by molar-refractivity contribution is 0.0692. The van der Waals surface area contributed by atoms with Gasteiger partial charge in [-0.05, 0) is 34.1 Å². The molecule has 0 spiro atoms. The number of hydrogen-bond acceptors (Lipinski definition) is 4. The second kappa shape index (κ2) is 5.98. The van der Waals surface area contributed by atoms with Gasteiger partial charge < -0.3 is 10.4 Å². The zero-order valence-corrected chi connectivity index (χ0v) is 12.1. The van der Waals surface area contributed by atoms with Crippen LogP contribution in [0.3, 0.4) is 0 Å². The van der Waals surface area contributed by atoms with Crippen molar-refractivity contribution in [1.82, 2.24) is 9.97 Å². The third kappa shape index (κ3) is 3.12. The fourth-order valence-corrected chi connectivity index (χ4v) is 1.97. The van der Waals surface area contributed by atoms with Crippen LogP contribution in [0.2, 0.25) is 5.15 Å². The molecule has 6 nitrogen and oxygen atoms in total. The normalized spacial score (nSPS) is 10.1. The van der Waals surface area contributed by atoms with Gasteiger partial charge in [0.25, 0.3) is 5.91 Å². The molecular weight excluding hydrogens is 350 g/mol. The standard InChI is InChI=1S/C12H7BrClN3O3/c13-6-4-7(10(14)16-5-6)11(18)17-8-2-1-3-15-9(8)12(19)20/h1-5H,(H,17,18)(H,19,20). The van der Waals surface area contributed by atoms with E-state index >= 15 is 0 Å². The fourth-order valence-electron chi connectivity index (χ4n) is 1.45. The van der Waals surface area contributed by atoms with Crippen molar-refractivity contribution in [3.63, 3.8) is 0 Å². The summed E-state index contributed by atoms with van der Waals surface area (Å²) < 4.78 is 0.580. The molecule has 0 aliphatic heterocycles. The topological polar surface area (TPSA) is 92.2 Å². The molecule has 0 atom stereocenters. The molecule has 2 rings (SSSR count). The molecule has 8 heteroatoms. The summed E-state index contributed by atoms with van der Waals surface area (Å²) in [6, 6.07) is 4.44. The van der Waals surface area contributed by atoms with Gasteiger partial charge in [0.15, 0.2) is 5.69 Å². The molecule has 0 bridgehead atoms. The number of nitrogens with one attached hydrogen (secondary N) is 1. The molecular formula is C12H7BrClN3O3. The number of aromatic carboxylic acids is 1. The monoisotopic (exact) mass is 355 g/mol. The van der Waals surface area contributed by atoms with Gasteiger partial charge in [-0.25, -0.2) is 14.8 Å². The lowest BCUT2D eigenvalue weighted by atomic mass is 10.2. The molecule has 0 saturated carbocycles. The third-order valence-corrected chi connectivity index (χ3v) is 3.04. The summed E-state index contributed by atoms with van der Waals surface area (Å²) in [4.78, 5) is 30.6.